The summed E-state index contributed by atoms with van der Waals surface area (Å²) in [5.41, 5.74) is 4.63. The summed E-state index contributed by atoms with van der Waals surface area (Å²) in [6.07, 6.45) is 1.75. The van der Waals surface area contributed by atoms with Gasteiger partial charge in [0, 0.05) is 12.1 Å². The van der Waals surface area contributed by atoms with Gasteiger partial charge in [0.15, 0.2) is 0 Å². The molecule has 150 valence electrons. The second-order valence-electron chi connectivity index (χ2n) is 6.77. The van der Waals surface area contributed by atoms with Crippen molar-refractivity contribution in [1.29, 1.82) is 0 Å². The molecular weight excluding hydrogens is 372 g/mol. The largest absolute Gasteiger partial charge is 0.488 e. The molecule has 1 heterocycles. The van der Waals surface area contributed by atoms with Crippen molar-refractivity contribution in [2.75, 3.05) is 13.7 Å². The molecule has 1 fully saturated rings. The Kier molecular flexibility index (Phi) is 5.97. The predicted octanol–water partition coefficient (Wildman–Crippen LogP) is 2.89. The summed E-state index contributed by atoms with van der Waals surface area (Å²) in [6.45, 7) is 4.43. The molecule has 2 aromatic carbocycles. The molecule has 0 aliphatic carbocycles. The third kappa shape index (κ3) is 4.82. The minimum absolute atomic E-state index is 0.197. The molecule has 0 radical (unpaired) electrons. The molecule has 0 atom stereocenters. The Bertz CT molecular complexity index is 970. The topological polar surface area (TPSA) is 93.7 Å². The van der Waals surface area contributed by atoms with Crippen LogP contribution >= 0.6 is 0 Å². The van der Waals surface area contributed by atoms with Gasteiger partial charge in [-0.1, -0.05) is 12.1 Å². The molecule has 29 heavy (non-hydrogen) atoms. The Morgan fingerprint density at radius 1 is 1.10 bits per heavy atom. The molecule has 0 spiro atoms. The minimum atomic E-state index is -0.483. The summed E-state index contributed by atoms with van der Waals surface area (Å²) < 4.78 is 10.7. The van der Waals surface area contributed by atoms with Crippen LogP contribution in [0.2, 0.25) is 0 Å². The third-order valence-corrected chi connectivity index (χ3v) is 4.54. The Balaban J connectivity index is 1.72. The smallest absolute Gasteiger partial charge is 0.337 e. The van der Waals surface area contributed by atoms with Crippen LogP contribution in [0.15, 0.2) is 42.0 Å². The molecule has 3 rings (SSSR count). The monoisotopic (exact) mass is 394 g/mol. The number of carbonyl (C=O) groups excluding carboxylic acids is 3. The fourth-order valence-corrected chi connectivity index (χ4v) is 3.11. The number of rotatable bonds is 5. The molecule has 7 nitrogen and oxygen atoms in total. The number of urea groups is 1. The van der Waals surface area contributed by atoms with Crippen molar-refractivity contribution in [3.63, 3.8) is 0 Å². The van der Waals surface area contributed by atoms with Gasteiger partial charge in [-0.3, -0.25) is 10.1 Å². The highest BCUT2D eigenvalue weighted by molar-refractivity contribution is 6.09. The highest BCUT2D eigenvalue weighted by Crippen LogP contribution is 2.27. The van der Waals surface area contributed by atoms with Crippen LogP contribution in [-0.2, 0) is 16.1 Å². The Morgan fingerprint density at radius 2 is 1.76 bits per heavy atom. The van der Waals surface area contributed by atoms with E-state index in [0.29, 0.717) is 17.7 Å². The summed E-state index contributed by atoms with van der Waals surface area (Å²) in [7, 11) is 1.35. The molecule has 3 amide bonds. The number of imide groups is 1. The van der Waals surface area contributed by atoms with Crippen molar-refractivity contribution in [3.8, 4) is 5.75 Å². The number of aryl methyl sites for hydroxylation is 2. The molecule has 2 N–H and O–H groups in total. The first-order valence-electron chi connectivity index (χ1n) is 9.08. The SMILES string of the molecule is COC(=O)c1ccc(COc2c(C)cc(/C=C3/CNC(=O)NC3=O)cc2C)cc1. The van der Waals surface area contributed by atoms with Crippen LogP contribution < -0.4 is 15.4 Å². The van der Waals surface area contributed by atoms with Crippen molar-refractivity contribution in [2.45, 2.75) is 20.5 Å². The summed E-state index contributed by atoms with van der Waals surface area (Å²) in [6, 6.07) is 10.4. The number of esters is 1. The van der Waals surface area contributed by atoms with Crippen LogP contribution in [0, 0.1) is 13.8 Å². The van der Waals surface area contributed by atoms with E-state index in [0.717, 1.165) is 28.0 Å². The van der Waals surface area contributed by atoms with E-state index in [4.69, 9.17) is 9.47 Å². The van der Waals surface area contributed by atoms with Gasteiger partial charge in [-0.15, -0.1) is 0 Å². The number of carbonyl (C=O) groups is 3. The van der Waals surface area contributed by atoms with Crippen molar-refractivity contribution < 1.29 is 23.9 Å². The number of ether oxygens (including phenoxy) is 2. The standard InChI is InChI=1S/C22H22N2O5/c1-13-8-16(10-18-11-23-22(27)24-20(18)25)9-14(2)19(13)29-12-15-4-6-17(7-5-15)21(26)28-3/h4-10H,11-12H2,1-3H3,(H2,23,24,25,27)/b18-10-. The first-order valence-corrected chi connectivity index (χ1v) is 9.08. The highest BCUT2D eigenvalue weighted by atomic mass is 16.5. The van der Waals surface area contributed by atoms with Gasteiger partial charge >= 0.3 is 12.0 Å². The second-order valence-corrected chi connectivity index (χ2v) is 6.77. The number of amides is 3. The van der Waals surface area contributed by atoms with E-state index >= 15 is 0 Å². The molecule has 0 aromatic heterocycles. The van der Waals surface area contributed by atoms with Crippen molar-refractivity contribution in [1.82, 2.24) is 10.6 Å². The van der Waals surface area contributed by atoms with Gasteiger partial charge < -0.3 is 14.8 Å². The molecule has 1 saturated heterocycles. The Morgan fingerprint density at radius 3 is 2.34 bits per heavy atom. The van der Waals surface area contributed by atoms with Crippen LogP contribution in [0.1, 0.15) is 32.6 Å². The molecule has 0 saturated carbocycles. The molecule has 7 heteroatoms. The average Bonchev–Trinajstić information content (AvgIpc) is 2.69. The fraction of sp³-hybridized carbons (Fsp3) is 0.227. The predicted molar refractivity (Wildman–Crippen MR) is 108 cm³/mol. The summed E-state index contributed by atoms with van der Waals surface area (Å²) in [5.74, 6) is 0.00505. The first-order chi connectivity index (χ1) is 13.9. The van der Waals surface area contributed by atoms with Gasteiger partial charge in [-0.25, -0.2) is 9.59 Å². The lowest BCUT2D eigenvalue weighted by molar-refractivity contribution is -0.116. The van der Waals surface area contributed by atoms with Gasteiger partial charge in [-0.05, 0) is 66.4 Å². The summed E-state index contributed by atoms with van der Waals surface area (Å²) in [4.78, 5) is 34.6. The lowest BCUT2D eigenvalue weighted by Gasteiger charge is -2.16. The lowest BCUT2D eigenvalue weighted by atomic mass is 10.0. The quantitative estimate of drug-likeness (QED) is 0.601. The summed E-state index contributed by atoms with van der Waals surface area (Å²) >= 11 is 0. The molecule has 1 aliphatic heterocycles. The van der Waals surface area contributed by atoms with E-state index in [2.05, 4.69) is 10.6 Å². The van der Waals surface area contributed by atoms with E-state index in [1.807, 2.05) is 38.1 Å². The van der Waals surface area contributed by atoms with Crippen LogP contribution in [0.25, 0.3) is 6.08 Å². The maximum Gasteiger partial charge on any atom is 0.337 e. The number of methoxy groups -OCH3 is 1. The zero-order valence-electron chi connectivity index (χ0n) is 16.5. The molecule has 0 bridgehead atoms. The Hall–Kier alpha value is -3.61. The van der Waals surface area contributed by atoms with Gasteiger partial charge in [0.25, 0.3) is 5.91 Å². The van der Waals surface area contributed by atoms with E-state index in [-0.39, 0.29) is 18.4 Å². The van der Waals surface area contributed by atoms with Gasteiger partial charge in [0.1, 0.15) is 12.4 Å². The number of hydrogen-bond acceptors (Lipinski definition) is 5. The number of benzene rings is 2. The second kappa shape index (κ2) is 8.60. The molecular formula is C22H22N2O5. The van der Waals surface area contributed by atoms with Crippen molar-refractivity contribution >= 4 is 24.0 Å². The maximum absolute atomic E-state index is 11.9. The van der Waals surface area contributed by atoms with Crippen LogP contribution in [0.5, 0.6) is 5.75 Å². The minimum Gasteiger partial charge on any atom is -0.488 e. The number of nitrogens with one attached hydrogen (secondary N) is 2. The maximum atomic E-state index is 11.9. The zero-order valence-corrected chi connectivity index (χ0v) is 16.5. The first kappa shape index (κ1) is 20.1. The average molecular weight is 394 g/mol. The van der Waals surface area contributed by atoms with E-state index in [1.165, 1.54) is 7.11 Å². The van der Waals surface area contributed by atoms with E-state index in [9.17, 15) is 14.4 Å². The van der Waals surface area contributed by atoms with E-state index in [1.54, 1.807) is 18.2 Å². The molecule has 2 aromatic rings. The molecule has 1 aliphatic rings. The fourth-order valence-electron chi connectivity index (χ4n) is 3.11. The van der Waals surface area contributed by atoms with Crippen LogP contribution in [0.3, 0.4) is 0 Å². The normalized spacial score (nSPS) is 14.9. The Labute approximate surface area is 168 Å². The lowest BCUT2D eigenvalue weighted by Crippen LogP contribution is -2.47. The zero-order chi connectivity index (χ0) is 21.0. The van der Waals surface area contributed by atoms with Crippen molar-refractivity contribution in [3.05, 3.63) is 69.8 Å². The van der Waals surface area contributed by atoms with E-state index < -0.39 is 6.03 Å². The highest BCUT2D eigenvalue weighted by Gasteiger charge is 2.19. The van der Waals surface area contributed by atoms with Gasteiger partial charge in [0.2, 0.25) is 0 Å². The number of hydrogen-bond donors (Lipinski definition) is 2. The van der Waals surface area contributed by atoms with Crippen LogP contribution in [0.4, 0.5) is 4.79 Å². The van der Waals surface area contributed by atoms with Crippen LogP contribution in [-0.4, -0.2) is 31.6 Å². The summed E-state index contributed by atoms with van der Waals surface area (Å²) in [5, 5.41) is 4.82. The third-order valence-electron chi connectivity index (χ3n) is 4.54. The van der Waals surface area contributed by atoms with Gasteiger partial charge in [-0.2, -0.15) is 0 Å². The molecule has 0 unspecified atom stereocenters. The van der Waals surface area contributed by atoms with Gasteiger partial charge in [0.05, 0.1) is 12.7 Å². The van der Waals surface area contributed by atoms with Crippen molar-refractivity contribution in [2.24, 2.45) is 0 Å².